The minimum Gasteiger partial charge on any atom is -0.475 e. The van der Waals surface area contributed by atoms with E-state index < -0.39 is 12.3 Å². The lowest BCUT2D eigenvalue weighted by atomic mass is 9.87. The van der Waals surface area contributed by atoms with Crippen LogP contribution in [0.15, 0.2) is 78.6 Å². The molecule has 5 heteroatoms. The Morgan fingerprint density at radius 2 is 1.72 bits per heavy atom. The number of carboxylic acids is 1. The molecule has 1 heterocycles. The first-order valence-corrected chi connectivity index (χ1v) is 10.7. The lowest BCUT2D eigenvalue weighted by molar-refractivity contribution is -0.160. The molecule has 2 aliphatic rings. The lowest BCUT2D eigenvalue weighted by Crippen LogP contribution is -2.27. The Bertz CT molecular complexity index is 1180. The maximum atomic E-state index is 11.8. The molecule has 0 radical (unpaired) electrons. The fourth-order valence-electron chi connectivity index (χ4n) is 4.59. The zero-order valence-corrected chi connectivity index (χ0v) is 17.5. The van der Waals surface area contributed by atoms with Crippen LogP contribution >= 0.6 is 0 Å². The van der Waals surface area contributed by atoms with E-state index in [1.807, 2.05) is 30.3 Å². The van der Waals surface area contributed by atoms with Gasteiger partial charge in [0.1, 0.15) is 0 Å². The van der Waals surface area contributed by atoms with E-state index >= 15 is 0 Å². The fourth-order valence-corrected chi connectivity index (χ4v) is 4.59. The molecule has 1 aliphatic carbocycles. The summed E-state index contributed by atoms with van der Waals surface area (Å²) in [6, 6.07) is 22.1. The van der Waals surface area contributed by atoms with Crippen molar-refractivity contribution in [1.82, 2.24) is 0 Å². The van der Waals surface area contributed by atoms with E-state index in [0.29, 0.717) is 13.0 Å². The molecule has 0 bridgehead atoms. The largest absolute Gasteiger partial charge is 0.475 e. The number of benzene rings is 3. The van der Waals surface area contributed by atoms with E-state index in [9.17, 15) is 15.0 Å². The summed E-state index contributed by atoms with van der Waals surface area (Å²) in [5.41, 5.74) is 7.90. The minimum absolute atomic E-state index is 0.00736. The van der Waals surface area contributed by atoms with Gasteiger partial charge in [-0.2, -0.15) is 0 Å². The second kappa shape index (κ2) is 8.61. The average molecular weight is 428 g/mol. The third-order valence-corrected chi connectivity index (χ3v) is 6.20. The molecule has 0 saturated carbocycles. The standard InChI is InChI=1S/C27H24O5/c28-15-17-8-10-18(11-9-17)16-31-26-14-20(13-25(32-26)27(29)30)22-6-3-7-23-21-5-2-1-4-19(21)12-24(22)23/h1-11,13,20,26,28H,12,14-16H2,(H,29,30)/t20-,26+/m1/s1. The summed E-state index contributed by atoms with van der Waals surface area (Å²) in [6.45, 7) is 0.293. The van der Waals surface area contributed by atoms with Crippen LogP contribution < -0.4 is 0 Å². The Balaban J connectivity index is 1.39. The van der Waals surface area contributed by atoms with Gasteiger partial charge in [-0.3, -0.25) is 0 Å². The quantitative estimate of drug-likeness (QED) is 0.463. The van der Waals surface area contributed by atoms with Crippen molar-refractivity contribution >= 4 is 5.97 Å². The van der Waals surface area contributed by atoms with Crippen LogP contribution in [0.4, 0.5) is 0 Å². The molecule has 0 saturated heterocycles. The van der Waals surface area contributed by atoms with Crippen molar-refractivity contribution in [1.29, 1.82) is 0 Å². The van der Waals surface area contributed by atoms with E-state index in [2.05, 4.69) is 36.4 Å². The lowest BCUT2D eigenvalue weighted by Gasteiger charge is -2.29. The Labute approximate surface area is 186 Å². The molecule has 3 aromatic rings. The smallest absolute Gasteiger partial charge is 0.370 e. The second-order valence-electron chi connectivity index (χ2n) is 8.22. The van der Waals surface area contributed by atoms with Gasteiger partial charge in [-0.15, -0.1) is 0 Å². The summed E-state index contributed by atoms with van der Waals surface area (Å²) in [4.78, 5) is 11.8. The first-order valence-electron chi connectivity index (χ1n) is 10.7. The van der Waals surface area contributed by atoms with Crippen LogP contribution in [0.3, 0.4) is 0 Å². The van der Waals surface area contributed by atoms with Crippen LogP contribution in [0.5, 0.6) is 0 Å². The number of hydrogen-bond donors (Lipinski definition) is 2. The van der Waals surface area contributed by atoms with Gasteiger partial charge in [0, 0.05) is 12.3 Å². The van der Waals surface area contributed by atoms with Gasteiger partial charge in [0.15, 0.2) is 0 Å². The van der Waals surface area contributed by atoms with Crippen molar-refractivity contribution in [3.05, 3.63) is 106 Å². The van der Waals surface area contributed by atoms with Crippen LogP contribution in [0, 0.1) is 0 Å². The molecule has 5 rings (SSSR count). The van der Waals surface area contributed by atoms with Crippen LogP contribution in [0.2, 0.25) is 0 Å². The first kappa shape index (κ1) is 20.5. The van der Waals surface area contributed by atoms with E-state index in [4.69, 9.17) is 9.47 Å². The normalized spacial score (nSPS) is 19.0. The predicted octanol–water partition coefficient (Wildman–Crippen LogP) is 4.77. The van der Waals surface area contributed by atoms with Crippen molar-refractivity contribution in [3.63, 3.8) is 0 Å². The molecule has 0 spiro atoms. The Morgan fingerprint density at radius 3 is 2.50 bits per heavy atom. The fraction of sp³-hybridized carbons (Fsp3) is 0.222. The molecule has 162 valence electrons. The number of aliphatic hydroxyl groups is 1. The molecular formula is C27H24O5. The van der Waals surface area contributed by atoms with Crippen molar-refractivity contribution in [2.75, 3.05) is 0 Å². The zero-order valence-electron chi connectivity index (χ0n) is 17.5. The highest BCUT2D eigenvalue weighted by Crippen LogP contribution is 2.42. The molecule has 32 heavy (non-hydrogen) atoms. The highest BCUT2D eigenvalue weighted by atomic mass is 16.7. The summed E-state index contributed by atoms with van der Waals surface area (Å²) in [7, 11) is 0. The van der Waals surface area contributed by atoms with Gasteiger partial charge in [-0.25, -0.2) is 4.79 Å². The monoisotopic (exact) mass is 428 g/mol. The van der Waals surface area contributed by atoms with Crippen molar-refractivity contribution < 1.29 is 24.5 Å². The van der Waals surface area contributed by atoms with E-state index in [1.54, 1.807) is 6.08 Å². The topological polar surface area (TPSA) is 76.0 Å². The highest BCUT2D eigenvalue weighted by Gasteiger charge is 2.31. The van der Waals surface area contributed by atoms with E-state index in [-0.39, 0.29) is 18.3 Å². The van der Waals surface area contributed by atoms with Crippen LogP contribution in [0.1, 0.15) is 40.2 Å². The summed E-state index contributed by atoms with van der Waals surface area (Å²) in [5.74, 6) is -1.28. The third kappa shape index (κ3) is 3.93. The Kier molecular flexibility index (Phi) is 5.52. The number of carboxylic acid groups (broad SMARTS) is 1. The number of rotatable bonds is 6. The van der Waals surface area contributed by atoms with Gasteiger partial charge < -0.3 is 19.7 Å². The van der Waals surface area contributed by atoms with Gasteiger partial charge >= 0.3 is 5.97 Å². The molecule has 5 nitrogen and oxygen atoms in total. The predicted molar refractivity (Wildman–Crippen MR) is 120 cm³/mol. The number of aliphatic hydroxyl groups excluding tert-OH is 1. The molecular weight excluding hydrogens is 404 g/mol. The molecule has 0 amide bonds. The highest BCUT2D eigenvalue weighted by molar-refractivity contribution is 5.85. The van der Waals surface area contributed by atoms with E-state index in [1.165, 1.54) is 22.3 Å². The second-order valence-corrected chi connectivity index (χ2v) is 8.22. The van der Waals surface area contributed by atoms with E-state index in [0.717, 1.165) is 23.1 Å². The Morgan fingerprint density at radius 1 is 0.969 bits per heavy atom. The molecule has 3 aromatic carbocycles. The summed E-state index contributed by atoms with van der Waals surface area (Å²) < 4.78 is 11.6. The number of aliphatic carboxylic acids is 1. The van der Waals surface area contributed by atoms with Crippen molar-refractivity contribution in [2.45, 2.75) is 38.3 Å². The number of carbonyl (C=O) groups is 1. The maximum Gasteiger partial charge on any atom is 0.370 e. The minimum atomic E-state index is -1.09. The first-order chi connectivity index (χ1) is 15.6. The molecule has 0 fully saturated rings. The molecule has 2 atom stereocenters. The summed E-state index contributed by atoms with van der Waals surface area (Å²) in [5, 5.41) is 18.8. The van der Waals surface area contributed by atoms with Gasteiger partial charge in [0.2, 0.25) is 12.0 Å². The Hall–Kier alpha value is -3.41. The van der Waals surface area contributed by atoms with Gasteiger partial charge in [0.05, 0.1) is 13.2 Å². The number of fused-ring (bicyclic) bond motifs is 3. The third-order valence-electron chi connectivity index (χ3n) is 6.20. The summed E-state index contributed by atoms with van der Waals surface area (Å²) in [6.07, 6.45) is 2.43. The SMILES string of the molecule is O=C(O)C1=C[C@@H](c2cccc3c2Cc2ccccc2-3)C[C@@H](OCc2ccc(CO)cc2)O1. The molecule has 1 aliphatic heterocycles. The average Bonchev–Trinajstić information content (AvgIpc) is 3.21. The van der Waals surface area contributed by atoms with Gasteiger partial charge in [-0.1, -0.05) is 66.7 Å². The van der Waals surface area contributed by atoms with Gasteiger partial charge in [-0.05, 0) is 51.4 Å². The maximum absolute atomic E-state index is 11.8. The van der Waals surface area contributed by atoms with Gasteiger partial charge in [0.25, 0.3) is 0 Å². The number of allylic oxidation sites excluding steroid dienone is 1. The summed E-state index contributed by atoms with van der Waals surface area (Å²) >= 11 is 0. The van der Waals surface area contributed by atoms with Crippen LogP contribution in [-0.4, -0.2) is 22.5 Å². The van der Waals surface area contributed by atoms with Crippen molar-refractivity contribution in [2.24, 2.45) is 0 Å². The molecule has 2 N–H and O–H groups in total. The molecule has 0 unspecified atom stereocenters. The van der Waals surface area contributed by atoms with Crippen LogP contribution in [-0.2, 0) is 33.9 Å². The number of hydrogen-bond acceptors (Lipinski definition) is 4. The van der Waals surface area contributed by atoms with Crippen LogP contribution in [0.25, 0.3) is 11.1 Å². The zero-order chi connectivity index (χ0) is 22.1. The molecule has 0 aromatic heterocycles. The number of ether oxygens (including phenoxy) is 2. The van der Waals surface area contributed by atoms with Crippen molar-refractivity contribution in [3.8, 4) is 11.1 Å².